The summed E-state index contributed by atoms with van der Waals surface area (Å²) in [6, 6.07) is 6.59. The summed E-state index contributed by atoms with van der Waals surface area (Å²) in [5.41, 5.74) is 1.00. The third kappa shape index (κ3) is 5.53. The topological polar surface area (TPSA) is 54.0 Å². The van der Waals surface area contributed by atoms with Crippen molar-refractivity contribution in [2.45, 2.75) is 71.6 Å². The van der Waals surface area contributed by atoms with Crippen LogP contribution in [0, 0.1) is 0 Å². The van der Waals surface area contributed by atoms with E-state index in [0.717, 1.165) is 43.1 Å². The van der Waals surface area contributed by atoms with E-state index in [1.54, 1.807) is 14.2 Å². The number of rotatable bonds is 8. The number of piperidine rings is 1. The Morgan fingerprint density at radius 1 is 1.00 bits per heavy atom. The van der Waals surface area contributed by atoms with E-state index in [2.05, 4.69) is 37.9 Å². The molecule has 0 aliphatic carbocycles. The molecular weight excluding hydrogens is 354 g/mol. The van der Waals surface area contributed by atoms with Gasteiger partial charge in [0.15, 0.2) is 0 Å². The second kappa shape index (κ2) is 10.0. The summed E-state index contributed by atoms with van der Waals surface area (Å²) >= 11 is 0. The number of amides is 1. The second-order valence-corrected chi connectivity index (χ2v) is 8.16. The SMILES string of the molecule is COc1cc(NC2CCN([C@@H](C)C(=O)N(C(C)C)C(C)C)CC2)cc(OC)c1. The quantitative estimate of drug-likeness (QED) is 0.734. The van der Waals surface area contributed by atoms with Crippen LogP contribution in [0.25, 0.3) is 0 Å². The molecule has 1 aromatic rings. The zero-order valence-electron chi connectivity index (χ0n) is 18.5. The number of benzene rings is 1. The number of nitrogens with one attached hydrogen (secondary N) is 1. The smallest absolute Gasteiger partial charge is 0.240 e. The van der Waals surface area contributed by atoms with Gasteiger partial charge in [0.2, 0.25) is 5.91 Å². The first-order valence-electron chi connectivity index (χ1n) is 10.3. The molecule has 1 aliphatic rings. The minimum atomic E-state index is -0.0809. The van der Waals surface area contributed by atoms with Gasteiger partial charge in [0.05, 0.1) is 20.3 Å². The Morgan fingerprint density at radius 3 is 1.93 bits per heavy atom. The summed E-state index contributed by atoms with van der Waals surface area (Å²) in [6.07, 6.45) is 2.00. The molecule has 0 bridgehead atoms. The Labute approximate surface area is 170 Å². The minimum Gasteiger partial charge on any atom is -0.497 e. The van der Waals surface area contributed by atoms with Gasteiger partial charge in [-0.2, -0.15) is 0 Å². The summed E-state index contributed by atoms with van der Waals surface area (Å²) < 4.78 is 10.7. The maximum Gasteiger partial charge on any atom is 0.240 e. The molecule has 1 aromatic carbocycles. The highest BCUT2D eigenvalue weighted by atomic mass is 16.5. The lowest BCUT2D eigenvalue weighted by Crippen LogP contribution is -2.54. The molecule has 0 radical (unpaired) electrons. The van der Waals surface area contributed by atoms with Crippen molar-refractivity contribution in [3.8, 4) is 11.5 Å². The van der Waals surface area contributed by atoms with Gasteiger partial charge in [0.1, 0.15) is 11.5 Å². The Hall–Kier alpha value is -1.95. The summed E-state index contributed by atoms with van der Waals surface area (Å²) in [5, 5.41) is 3.60. The number of hydrogen-bond acceptors (Lipinski definition) is 5. The fraction of sp³-hybridized carbons (Fsp3) is 0.682. The molecular formula is C22H37N3O3. The molecule has 1 fully saturated rings. The third-order valence-corrected chi connectivity index (χ3v) is 5.52. The number of likely N-dealkylation sites (tertiary alicyclic amines) is 1. The average Bonchev–Trinajstić information content (AvgIpc) is 2.67. The van der Waals surface area contributed by atoms with Crippen LogP contribution in [-0.2, 0) is 4.79 Å². The Kier molecular flexibility index (Phi) is 7.98. The number of methoxy groups -OCH3 is 2. The number of nitrogens with zero attached hydrogens (tertiary/aromatic N) is 2. The van der Waals surface area contributed by atoms with E-state index in [1.807, 2.05) is 30.0 Å². The van der Waals surface area contributed by atoms with Crippen LogP contribution in [0.4, 0.5) is 5.69 Å². The first-order valence-corrected chi connectivity index (χ1v) is 10.3. The summed E-state index contributed by atoms with van der Waals surface area (Å²) in [5.74, 6) is 1.79. The normalized spacial score (nSPS) is 16.9. The first kappa shape index (κ1) is 22.3. The Bertz CT molecular complexity index is 610. The van der Waals surface area contributed by atoms with Crippen molar-refractivity contribution >= 4 is 11.6 Å². The molecule has 158 valence electrons. The van der Waals surface area contributed by atoms with E-state index >= 15 is 0 Å². The fourth-order valence-corrected chi connectivity index (χ4v) is 4.03. The van der Waals surface area contributed by atoms with Crippen molar-refractivity contribution in [2.75, 3.05) is 32.6 Å². The third-order valence-electron chi connectivity index (χ3n) is 5.52. The maximum atomic E-state index is 13.0. The van der Waals surface area contributed by atoms with Crippen LogP contribution in [0.5, 0.6) is 11.5 Å². The van der Waals surface area contributed by atoms with E-state index < -0.39 is 0 Å². The van der Waals surface area contributed by atoms with Gasteiger partial charge in [-0.25, -0.2) is 0 Å². The molecule has 1 N–H and O–H groups in total. The second-order valence-electron chi connectivity index (χ2n) is 8.16. The fourth-order valence-electron chi connectivity index (χ4n) is 4.03. The summed E-state index contributed by atoms with van der Waals surface area (Å²) in [4.78, 5) is 17.3. The number of carbonyl (C=O) groups excluding carboxylic acids is 1. The largest absolute Gasteiger partial charge is 0.497 e. The van der Waals surface area contributed by atoms with Gasteiger partial charge in [-0.05, 0) is 47.5 Å². The van der Waals surface area contributed by atoms with Crippen molar-refractivity contribution < 1.29 is 14.3 Å². The van der Waals surface area contributed by atoms with Crippen LogP contribution in [0.2, 0.25) is 0 Å². The van der Waals surface area contributed by atoms with Gasteiger partial charge >= 0.3 is 0 Å². The highest BCUT2D eigenvalue weighted by Gasteiger charge is 2.31. The Balaban J connectivity index is 1.94. The van der Waals surface area contributed by atoms with Crippen molar-refractivity contribution in [2.24, 2.45) is 0 Å². The van der Waals surface area contributed by atoms with Gasteiger partial charge in [0, 0.05) is 55.1 Å². The molecule has 28 heavy (non-hydrogen) atoms. The predicted molar refractivity (Wildman–Crippen MR) is 114 cm³/mol. The van der Waals surface area contributed by atoms with Crippen molar-refractivity contribution in [3.05, 3.63) is 18.2 Å². The number of carbonyl (C=O) groups is 1. The van der Waals surface area contributed by atoms with Gasteiger partial charge in [-0.1, -0.05) is 0 Å². The van der Waals surface area contributed by atoms with E-state index in [1.165, 1.54) is 0 Å². The van der Waals surface area contributed by atoms with E-state index in [0.29, 0.717) is 6.04 Å². The zero-order valence-corrected chi connectivity index (χ0v) is 18.5. The highest BCUT2D eigenvalue weighted by Crippen LogP contribution is 2.28. The number of ether oxygens (including phenoxy) is 2. The van der Waals surface area contributed by atoms with E-state index in [-0.39, 0.29) is 24.0 Å². The van der Waals surface area contributed by atoms with Crippen LogP contribution in [0.1, 0.15) is 47.5 Å². The zero-order chi connectivity index (χ0) is 20.8. The van der Waals surface area contributed by atoms with Crippen LogP contribution < -0.4 is 14.8 Å². The molecule has 1 heterocycles. The standard InChI is InChI=1S/C22H37N3O3/c1-15(2)25(16(3)4)22(26)17(5)24-10-8-18(9-11-24)23-19-12-20(27-6)14-21(13-19)28-7/h12-18,23H,8-11H2,1-7H3/t17-/m0/s1. The van der Waals surface area contributed by atoms with Crippen molar-refractivity contribution in [3.63, 3.8) is 0 Å². The summed E-state index contributed by atoms with van der Waals surface area (Å²) in [7, 11) is 3.32. The molecule has 6 nitrogen and oxygen atoms in total. The first-order chi connectivity index (χ1) is 13.3. The maximum absolute atomic E-state index is 13.0. The van der Waals surface area contributed by atoms with Gasteiger partial charge in [0.25, 0.3) is 0 Å². The molecule has 2 rings (SSSR count). The lowest BCUT2D eigenvalue weighted by molar-refractivity contribution is -0.140. The molecule has 0 spiro atoms. The Morgan fingerprint density at radius 2 is 1.50 bits per heavy atom. The van der Waals surface area contributed by atoms with E-state index in [4.69, 9.17) is 9.47 Å². The van der Waals surface area contributed by atoms with E-state index in [9.17, 15) is 4.79 Å². The lowest BCUT2D eigenvalue weighted by Gasteiger charge is -2.40. The molecule has 0 saturated carbocycles. The molecule has 1 amide bonds. The number of hydrogen-bond donors (Lipinski definition) is 1. The van der Waals surface area contributed by atoms with Gasteiger partial charge < -0.3 is 19.7 Å². The van der Waals surface area contributed by atoms with Crippen LogP contribution in [0.3, 0.4) is 0 Å². The van der Waals surface area contributed by atoms with Gasteiger partial charge in [-0.3, -0.25) is 9.69 Å². The minimum absolute atomic E-state index is 0.0809. The molecule has 0 unspecified atom stereocenters. The van der Waals surface area contributed by atoms with Crippen molar-refractivity contribution in [1.29, 1.82) is 0 Å². The average molecular weight is 392 g/mol. The monoisotopic (exact) mass is 391 g/mol. The van der Waals surface area contributed by atoms with Crippen LogP contribution in [0.15, 0.2) is 18.2 Å². The highest BCUT2D eigenvalue weighted by molar-refractivity contribution is 5.82. The number of anilines is 1. The predicted octanol–water partition coefficient (Wildman–Crippen LogP) is 3.61. The molecule has 0 aromatic heterocycles. The molecule has 1 atom stereocenters. The van der Waals surface area contributed by atoms with Crippen molar-refractivity contribution in [1.82, 2.24) is 9.80 Å². The van der Waals surface area contributed by atoms with Crippen LogP contribution >= 0.6 is 0 Å². The van der Waals surface area contributed by atoms with Gasteiger partial charge in [-0.15, -0.1) is 0 Å². The molecule has 1 aliphatic heterocycles. The summed E-state index contributed by atoms with van der Waals surface area (Å²) in [6.45, 7) is 12.2. The molecule has 1 saturated heterocycles. The lowest BCUT2D eigenvalue weighted by atomic mass is 10.0. The molecule has 6 heteroatoms. The van der Waals surface area contributed by atoms with Crippen LogP contribution in [-0.4, -0.2) is 67.2 Å².